The molecular formula is C11H20O. The molecule has 1 nitrogen and oxygen atoms in total. The highest BCUT2D eigenvalue weighted by Gasteiger charge is 2.04. The average Bonchev–Trinajstić information content (AvgIpc) is 2.03. The molecule has 0 heterocycles. The van der Waals surface area contributed by atoms with Crippen molar-refractivity contribution in [2.24, 2.45) is 0 Å². The van der Waals surface area contributed by atoms with Crippen molar-refractivity contribution in [3.8, 4) is 0 Å². The highest BCUT2D eigenvalue weighted by atomic mass is 16.5. The summed E-state index contributed by atoms with van der Waals surface area (Å²) in [4.78, 5) is 0. The van der Waals surface area contributed by atoms with E-state index in [0.29, 0.717) is 0 Å². The molecule has 0 spiro atoms. The van der Waals surface area contributed by atoms with Crippen molar-refractivity contribution >= 4 is 0 Å². The Balaban J connectivity index is 4.24. The first-order valence-corrected chi connectivity index (χ1v) is 4.46. The van der Waals surface area contributed by atoms with Crippen LogP contribution in [0.2, 0.25) is 0 Å². The molecule has 70 valence electrons. The van der Waals surface area contributed by atoms with Crippen molar-refractivity contribution in [1.82, 2.24) is 0 Å². The van der Waals surface area contributed by atoms with Crippen LogP contribution in [0.3, 0.4) is 0 Å². The van der Waals surface area contributed by atoms with Gasteiger partial charge in [0.05, 0.1) is 6.10 Å². The van der Waals surface area contributed by atoms with E-state index in [9.17, 15) is 0 Å². The van der Waals surface area contributed by atoms with Crippen LogP contribution in [-0.2, 0) is 4.74 Å². The molecule has 0 aromatic carbocycles. The van der Waals surface area contributed by atoms with E-state index in [4.69, 9.17) is 4.74 Å². The second kappa shape index (κ2) is 6.01. The minimum atomic E-state index is 0.278. The summed E-state index contributed by atoms with van der Waals surface area (Å²) in [5, 5.41) is 0. The van der Waals surface area contributed by atoms with Crippen LogP contribution in [-0.4, -0.2) is 13.2 Å². The van der Waals surface area contributed by atoms with Gasteiger partial charge in [-0.15, -0.1) is 0 Å². The Hall–Kier alpha value is -0.560. The van der Waals surface area contributed by atoms with Crippen molar-refractivity contribution in [1.29, 1.82) is 0 Å². The summed E-state index contributed by atoms with van der Waals surface area (Å²) in [6.07, 6.45) is 5.57. The summed E-state index contributed by atoms with van der Waals surface area (Å²) in [6.45, 7) is 8.43. The van der Waals surface area contributed by atoms with Gasteiger partial charge in [0.15, 0.2) is 0 Å². The van der Waals surface area contributed by atoms with Crippen LogP contribution >= 0.6 is 0 Å². The number of hydrogen-bond donors (Lipinski definition) is 0. The van der Waals surface area contributed by atoms with Gasteiger partial charge in [0.2, 0.25) is 0 Å². The first-order chi connectivity index (χ1) is 5.61. The normalized spacial score (nSPS) is 14.2. The molecular weight excluding hydrogens is 148 g/mol. The number of ether oxygens (including phenoxy) is 1. The second-order valence-corrected chi connectivity index (χ2v) is 3.29. The predicted octanol–water partition coefficient (Wildman–Crippen LogP) is 3.32. The maximum atomic E-state index is 5.30. The molecule has 0 amide bonds. The van der Waals surface area contributed by atoms with Crippen LogP contribution in [0.4, 0.5) is 0 Å². The van der Waals surface area contributed by atoms with Crippen LogP contribution in [0.5, 0.6) is 0 Å². The molecule has 0 N–H and O–H groups in total. The van der Waals surface area contributed by atoms with Crippen molar-refractivity contribution in [2.45, 2.75) is 40.2 Å². The van der Waals surface area contributed by atoms with Gasteiger partial charge in [-0.25, -0.2) is 0 Å². The monoisotopic (exact) mass is 168 g/mol. The first-order valence-electron chi connectivity index (χ1n) is 4.46. The van der Waals surface area contributed by atoms with Crippen LogP contribution in [0.1, 0.15) is 34.1 Å². The molecule has 0 saturated heterocycles. The third kappa shape index (κ3) is 4.35. The van der Waals surface area contributed by atoms with Gasteiger partial charge in [0, 0.05) is 7.11 Å². The van der Waals surface area contributed by atoms with E-state index in [-0.39, 0.29) is 6.10 Å². The molecule has 1 unspecified atom stereocenters. The first kappa shape index (κ1) is 11.4. The fraction of sp³-hybridized carbons (Fsp3) is 0.636. The summed E-state index contributed by atoms with van der Waals surface area (Å²) >= 11 is 0. The Morgan fingerprint density at radius 3 is 2.17 bits per heavy atom. The summed E-state index contributed by atoms with van der Waals surface area (Å²) in [5.74, 6) is 0. The van der Waals surface area contributed by atoms with Crippen molar-refractivity contribution < 1.29 is 4.74 Å². The fourth-order valence-corrected chi connectivity index (χ4v) is 1.08. The summed E-state index contributed by atoms with van der Waals surface area (Å²) < 4.78 is 5.30. The zero-order valence-electron chi connectivity index (χ0n) is 8.85. The fourth-order valence-electron chi connectivity index (χ4n) is 1.08. The SMILES string of the molecule is CCC(OC)C(C)=CC=C(C)C. The van der Waals surface area contributed by atoms with E-state index in [1.54, 1.807) is 7.11 Å². The van der Waals surface area contributed by atoms with E-state index in [1.807, 2.05) is 0 Å². The minimum Gasteiger partial charge on any atom is -0.377 e. The maximum absolute atomic E-state index is 5.30. The topological polar surface area (TPSA) is 9.23 Å². The molecule has 0 aliphatic carbocycles. The maximum Gasteiger partial charge on any atom is 0.0778 e. The van der Waals surface area contributed by atoms with E-state index < -0.39 is 0 Å². The van der Waals surface area contributed by atoms with E-state index in [1.165, 1.54) is 11.1 Å². The molecule has 1 atom stereocenters. The van der Waals surface area contributed by atoms with E-state index >= 15 is 0 Å². The molecule has 0 aromatic heterocycles. The molecule has 0 aromatic rings. The van der Waals surface area contributed by atoms with Gasteiger partial charge in [-0.05, 0) is 32.8 Å². The molecule has 0 radical (unpaired) electrons. The van der Waals surface area contributed by atoms with Gasteiger partial charge >= 0.3 is 0 Å². The van der Waals surface area contributed by atoms with Crippen molar-refractivity contribution in [2.75, 3.05) is 7.11 Å². The van der Waals surface area contributed by atoms with Crippen LogP contribution in [0, 0.1) is 0 Å². The van der Waals surface area contributed by atoms with Gasteiger partial charge in [-0.3, -0.25) is 0 Å². The summed E-state index contributed by atoms with van der Waals surface area (Å²) in [7, 11) is 1.76. The molecule has 0 fully saturated rings. The van der Waals surface area contributed by atoms with Gasteiger partial charge in [-0.2, -0.15) is 0 Å². The lowest BCUT2D eigenvalue weighted by Crippen LogP contribution is -2.09. The number of hydrogen-bond acceptors (Lipinski definition) is 1. The summed E-state index contributed by atoms with van der Waals surface area (Å²) in [5.41, 5.74) is 2.61. The Labute approximate surface area is 76.1 Å². The molecule has 12 heavy (non-hydrogen) atoms. The molecule has 0 saturated carbocycles. The Morgan fingerprint density at radius 2 is 1.83 bits per heavy atom. The van der Waals surface area contributed by atoms with Gasteiger partial charge in [-0.1, -0.05) is 24.6 Å². The zero-order chi connectivity index (χ0) is 9.56. The molecule has 0 aliphatic rings. The summed E-state index contributed by atoms with van der Waals surface area (Å²) in [6, 6.07) is 0. The van der Waals surface area contributed by atoms with Gasteiger partial charge in [0.1, 0.15) is 0 Å². The quantitative estimate of drug-likeness (QED) is 0.585. The Morgan fingerprint density at radius 1 is 1.25 bits per heavy atom. The number of rotatable bonds is 4. The predicted molar refractivity (Wildman–Crippen MR) is 54.3 cm³/mol. The van der Waals surface area contributed by atoms with E-state index in [0.717, 1.165) is 6.42 Å². The lowest BCUT2D eigenvalue weighted by Gasteiger charge is -2.12. The highest BCUT2D eigenvalue weighted by Crippen LogP contribution is 2.09. The molecule has 0 aliphatic heterocycles. The Bertz CT molecular complexity index is 169. The average molecular weight is 168 g/mol. The lowest BCUT2D eigenvalue weighted by molar-refractivity contribution is 0.128. The van der Waals surface area contributed by atoms with Gasteiger partial charge < -0.3 is 4.74 Å². The van der Waals surface area contributed by atoms with Crippen molar-refractivity contribution in [3.63, 3.8) is 0 Å². The number of methoxy groups -OCH3 is 1. The second-order valence-electron chi connectivity index (χ2n) is 3.29. The van der Waals surface area contributed by atoms with Crippen molar-refractivity contribution in [3.05, 3.63) is 23.3 Å². The lowest BCUT2D eigenvalue weighted by atomic mass is 10.1. The third-order valence-electron chi connectivity index (χ3n) is 1.84. The number of allylic oxidation sites excluding steroid dienone is 3. The largest absolute Gasteiger partial charge is 0.377 e. The molecule has 1 heteroatoms. The highest BCUT2D eigenvalue weighted by molar-refractivity contribution is 5.16. The molecule has 0 bridgehead atoms. The van der Waals surface area contributed by atoms with Crippen LogP contribution in [0.25, 0.3) is 0 Å². The van der Waals surface area contributed by atoms with Crippen LogP contribution < -0.4 is 0 Å². The van der Waals surface area contributed by atoms with Gasteiger partial charge in [0.25, 0.3) is 0 Å². The minimum absolute atomic E-state index is 0.278. The Kier molecular flexibility index (Phi) is 5.73. The van der Waals surface area contributed by atoms with Crippen LogP contribution in [0.15, 0.2) is 23.3 Å². The smallest absolute Gasteiger partial charge is 0.0778 e. The zero-order valence-corrected chi connectivity index (χ0v) is 8.85. The third-order valence-corrected chi connectivity index (χ3v) is 1.84. The molecule has 0 rings (SSSR count). The standard InChI is InChI=1S/C11H20O/c1-6-11(12-5)10(4)8-7-9(2)3/h7-8,11H,6H2,1-5H3. The van der Waals surface area contributed by atoms with E-state index in [2.05, 4.69) is 39.8 Å².